The van der Waals surface area contributed by atoms with E-state index >= 15 is 0 Å². The number of anilines is 1. The Morgan fingerprint density at radius 3 is 2.72 bits per heavy atom. The Hall–Kier alpha value is -1.73. The van der Waals surface area contributed by atoms with Crippen molar-refractivity contribution >= 4 is 27.4 Å². The Labute approximate surface area is 108 Å². The van der Waals surface area contributed by atoms with Crippen molar-refractivity contribution in [3.05, 3.63) is 47.6 Å². The highest BCUT2D eigenvalue weighted by atomic mass is 35.5. The van der Waals surface area contributed by atoms with E-state index in [0.717, 1.165) is 6.07 Å². The lowest BCUT2D eigenvalue weighted by atomic mass is 10.3. The summed E-state index contributed by atoms with van der Waals surface area (Å²) < 4.78 is 39.6. The van der Waals surface area contributed by atoms with Gasteiger partial charge in [-0.25, -0.2) is 22.8 Å². The predicted octanol–water partition coefficient (Wildman–Crippen LogP) is 2.07. The van der Waals surface area contributed by atoms with Gasteiger partial charge in [0.25, 0.3) is 10.0 Å². The van der Waals surface area contributed by atoms with Crippen molar-refractivity contribution in [2.24, 2.45) is 0 Å². The van der Waals surface area contributed by atoms with E-state index in [-0.39, 0.29) is 10.8 Å². The highest BCUT2D eigenvalue weighted by Crippen LogP contribution is 2.23. The SMILES string of the molecule is O=S(=O)(Nc1ccncn1)c1cccc(Cl)c1F. The average Bonchev–Trinajstić information content (AvgIpc) is 2.33. The van der Waals surface area contributed by atoms with Crippen LogP contribution in [0, 0.1) is 5.82 Å². The fourth-order valence-electron chi connectivity index (χ4n) is 1.24. The van der Waals surface area contributed by atoms with Gasteiger partial charge in [-0.15, -0.1) is 0 Å². The summed E-state index contributed by atoms with van der Waals surface area (Å²) in [6.07, 6.45) is 2.53. The summed E-state index contributed by atoms with van der Waals surface area (Å²) in [7, 11) is -4.07. The molecule has 1 N–H and O–H groups in total. The number of sulfonamides is 1. The molecule has 8 heteroatoms. The van der Waals surface area contributed by atoms with Gasteiger partial charge in [-0.1, -0.05) is 17.7 Å². The molecular weight excluding hydrogens is 281 g/mol. The van der Waals surface area contributed by atoms with E-state index in [9.17, 15) is 12.8 Å². The number of nitrogens with zero attached hydrogens (tertiary/aromatic N) is 2. The zero-order chi connectivity index (χ0) is 13.2. The molecule has 0 spiro atoms. The maximum absolute atomic E-state index is 13.6. The van der Waals surface area contributed by atoms with Crippen molar-refractivity contribution in [3.63, 3.8) is 0 Å². The average molecular weight is 288 g/mol. The van der Waals surface area contributed by atoms with E-state index in [4.69, 9.17) is 11.6 Å². The molecule has 0 bridgehead atoms. The molecule has 1 heterocycles. The Kier molecular flexibility index (Phi) is 3.44. The van der Waals surface area contributed by atoms with E-state index in [1.165, 1.54) is 30.7 Å². The molecule has 0 radical (unpaired) electrons. The smallest absolute Gasteiger partial charge is 0.263 e. The molecule has 0 aliphatic carbocycles. The van der Waals surface area contributed by atoms with Gasteiger partial charge in [0.2, 0.25) is 0 Å². The second kappa shape index (κ2) is 4.87. The standard InChI is InChI=1S/C10H7ClFN3O2S/c11-7-2-1-3-8(10(7)12)18(16,17)15-9-4-5-13-6-14-9/h1-6H,(H,13,14,15). The van der Waals surface area contributed by atoms with Crippen LogP contribution in [0.3, 0.4) is 0 Å². The summed E-state index contributed by atoms with van der Waals surface area (Å²) in [6.45, 7) is 0. The summed E-state index contributed by atoms with van der Waals surface area (Å²) in [6, 6.07) is 5.07. The van der Waals surface area contributed by atoms with Crippen LogP contribution in [0.15, 0.2) is 41.7 Å². The molecule has 0 unspecified atom stereocenters. The number of hydrogen-bond donors (Lipinski definition) is 1. The molecule has 5 nitrogen and oxygen atoms in total. The number of aromatic nitrogens is 2. The van der Waals surface area contributed by atoms with Crippen molar-refractivity contribution < 1.29 is 12.8 Å². The van der Waals surface area contributed by atoms with Crippen LogP contribution in [-0.4, -0.2) is 18.4 Å². The van der Waals surface area contributed by atoms with Crippen LogP contribution in [0.4, 0.5) is 10.2 Å². The summed E-state index contributed by atoms with van der Waals surface area (Å²) in [5, 5.41) is -0.263. The molecular formula is C10H7ClFN3O2S. The third-order valence-electron chi connectivity index (χ3n) is 2.03. The Balaban J connectivity index is 2.41. The molecule has 1 aromatic carbocycles. The van der Waals surface area contributed by atoms with Crippen molar-refractivity contribution in [2.75, 3.05) is 4.72 Å². The molecule has 0 amide bonds. The van der Waals surface area contributed by atoms with Gasteiger partial charge in [-0.2, -0.15) is 0 Å². The van der Waals surface area contributed by atoms with Crippen LogP contribution in [0.5, 0.6) is 0 Å². The highest BCUT2D eigenvalue weighted by molar-refractivity contribution is 7.92. The Morgan fingerprint density at radius 1 is 1.28 bits per heavy atom. The monoisotopic (exact) mass is 287 g/mol. The zero-order valence-corrected chi connectivity index (χ0v) is 10.4. The van der Waals surface area contributed by atoms with Crippen LogP contribution in [0.1, 0.15) is 0 Å². The number of hydrogen-bond acceptors (Lipinski definition) is 4. The maximum Gasteiger partial charge on any atom is 0.266 e. The lowest BCUT2D eigenvalue weighted by molar-refractivity contribution is 0.570. The topological polar surface area (TPSA) is 72.0 Å². The number of halogens is 2. The first kappa shape index (κ1) is 12.7. The van der Waals surface area contributed by atoms with E-state index in [1.807, 2.05) is 0 Å². The summed E-state index contributed by atoms with van der Waals surface area (Å²) in [5.74, 6) is -0.954. The van der Waals surface area contributed by atoms with Gasteiger partial charge in [0.1, 0.15) is 17.0 Å². The Morgan fingerprint density at radius 2 is 2.06 bits per heavy atom. The maximum atomic E-state index is 13.6. The van der Waals surface area contributed by atoms with Gasteiger partial charge in [0.15, 0.2) is 5.82 Å². The van der Waals surface area contributed by atoms with E-state index in [1.54, 1.807) is 0 Å². The van der Waals surface area contributed by atoms with Crippen molar-refractivity contribution in [2.45, 2.75) is 4.90 Å². The largest absolute Gasteiger partial charge is 0.266 e. The van der Waals surface area contributed by atoms with Gasteiger partial charge in [-0.05, 0) is 18.2 Å². The second-order valence-electron chi connectivity index (χ2n) is 3.25. The third kappa shape index (κ3) is 2.57. The first-order valence-electron chi connectivity index (χ1n) is 4.73. The number of nitrogens with one attached hydrogen (secondary N) is 1. The number of rotatable bonds is 3. The second-order valence-corrected chi connectivity index (χ2v) is 5.31. The minimum Gasteiger partial charge on any atom is -0.263 e. The van der Waals surface area contributed by atoms with E-state index in [0.29, 0.717) is 0 Å². The minimum atomic E-state index is -4.07. The van der Waals surface area contributed by atoms with Gasteiger partial charge in [0.05, 0.1) is 5.02 Å². The van der Waals surface area contributed by atoms with Crippen molar-refractivity contribution in [1.82, 2.24) is 9.97 Å². The van der Waals surface area contributed by atoms with Crippen LogP contribution in [0.25, 0.3) is 0 Å². The summed E-state index contributed by atoms with van der Waals surface area (Å²) in [5.41, 5.74) is 0. The normalized spacial score (nSPS) is 11.2. The molecule has 2 aromatic rings. The third-order valence-corrected chi connectivity index (χ3v) is 3.69. The van der Waals surface area contributed by atoms with Crippen molar-refractivity contribution in [1.29, 1.82) is 0 Å². The molecule has 2 rings (SSSR count). The van der Waals surface area contributed by atoms with Gasteiger partial charge in [-0.3, -0.25) is 4.72 Å². The lowest BCUT2D eigenvalue weighted by Crippen LogP contribution is -2.15. The van der Waals surface area contributed by atoms with Crippen molar-refractivity contribution in [3.8, 4) is 0 Å². The fraction of sp³-hybridized carbons (Fsp3) is 0. The molecule has 18 heavy (non-hydrogen) atoms. The quantitative estimate of drug-likeness (QED) is 0.938. The Bertz CT molecular complexity index is 664. The molecule has 94 valence electrons. The van der Waals surface area contributed by atoms with E-state index in [2.05, 4.69) is 14.7 Å². The first-order valence-corrected chi connectivity index (χ1v) is 6.59. The lowest BCUT2D eigenvalue weighted by Gasteiger charge is -2.08. The van der Waals surface area contributed by atoms with Crippen LogP contribution >= 0.6 is 11.6 Å². The molecule has 0 saturated carbocycles. The first-order chi connectivity index (χ1) is 8.50. The van der Waals surface area contributed by atoms with Crippen LogP contribution in [-0.2, 0) is 10.0 Å². The predicted molar refractivity (Wildman–Crippen MR) is 64.3 cm³/mol. The van der Waals surface area contributed by atoms with Crippen LogP contribution in [0.2, 0.25) is 5.02 Å². The molecule has 0 aliphatic heterocycles. The zero-order valence-electron chi connectivity index (χ0n) is 8.84. The molecule has 0 aliphatic rings. The minimum absolute atomic E-state index is 0.0457. The number of benzene rings is 1. The summed E-state index contributed by atoms with van der Waals surface area (Å²) >= 11 is 5.53. The highest BCUT2D eigenvalue weighted by Gasteiger charge is 2.21. The summed E-state index contributed by atoms with van der Waals surface area (Å²) in [4.78, 5) is 6.79. The van der Waals surface area contributed by atoms with Gasteiger partial charge < -0.3 is 0 Å². The van der Waals surface area contributed by atoms with Gasteiger partial charge in [0, 0.05) is 6.20 Å². The van der Waals surface area contributed by atoms with Crippen LogP contribution < -0.4 is 4.72 Å². The van der Waals surface area contributed by atoms with E-state index < -0.39 is 20.7 Å². The molecule has 0 saturated heterocycles. The fourth-order valence-corrected chi connectivity index (χ4v) is 2.58. The molecule has 0 atom stereocenters. The molecule has 0 fully saturated rings. The molecule has 1 aromatic heterocycles. The van der Waals surface area contributed by atoms with Gasteiger partial charge >= 0.3 is 0 Å².